The van der Waals surface area contributed by atoms with Crippen LogP contribution in [-0.2, 0) is 9.59 Å². The Balaban J connectivity index is 4.81. The van der Waals surface area contributed by atoms with Crippen LogP contribution in [0.3, 0.4) is 0 Å². The van der Waals surface area contributed by atoms with E-state index >= 15 is 0 Å². The van der Waals surface area contributed by atoms with Gasteiger partial charge in [-0.05, 0) is 13.0 Å². The number of aliphatic carboxylic acids is 1. The number of Topliss-reactive ketones (excluding diaryl/α,β-unsaturated/α-hetero) is 1. The molecule has 5 N–H and O–H groups in total. The number of carboxylic acids is 1. The van der Waals surface area contributed by atoms with E-state index in [1.807, 2.05) is 0 Å². The predicted molar refractivity (Wildman–Crippen MR) is 56.7 cm³/mol. The number of ketones is 1. The number of hydrogen-bond donors (Lipinski definition) is 4. The largest absolute Gasteiger partial charge is 0.481 e. The minimum atomic E-state index is -1.51. The molecule has 2 unspecified atom stereocenters. The van der Waals surface area contributed by atoms with Crippen LogP contribution in [0.4, 0.5) is 0 Å². The number of carbonyl (C=O) groups is 2. The predicted octanol–water partition coefficient (Wildman–Crippen LogP) is -1.02. The molecule has 0 aromatic rings. The molecule has 16 heavy (non-hydrogen) atoms. The molecule has 0 aliphatic carbocycles. The molecule has 0 radical (unpaired) electrons. The number of carboxylic acid groups (broad SMARTS) is 1. The van der Waals surface area contributed by atoms with Crippen LogP contribution in [0.2, 0.25) is 0 Å². The van der Waals surface area contributed by atoms with Gasteiger partial charge in [-0.2, -0.15) is 0 Å². The van der Waals surface area contributed by atoms with Crippen LogP contribution in [0, 0.1) is 11.3 Å². The van der Waals surface area contributed by atoms with Crippen LogP contribution in [0.15, 0.2) is 0 Å². The number of hydrogen-bond acceptors (Lipinski definition) is 5. The first kappa shape index (κ1) is 15.0. The first-order valence-corrected chi connectivity index (χ1v) is 5.03. The van der Waals surface area contributed by atoms with Crippen molar-refractivity contribution in [3.63, 3.8) is 0 Å². The molecular formula is C10H19NO5. The smallest absolute Gasteiger partial charge is 0.314 e. The van der Waals surface area contributed by atoms with Gasteiger partial charge in [0.05, 0.1) is 6.61 Å². The Labute approximate surface area is 94.1 Å². The van der Waals surface area contributed by atoms with Gasteiger partial charge in [0.1, 0.15) is 12.0 Å². The van der Waals surface area contributed by atoms with Gasteiger partial charge in [0.25, 0.3) is 0 Å². The van der Waals surface area contributed by atoms with E-state index in [-0.39, 0.29) is 13.0 Å². The average molecular weight is 233 g/mol. The second-order valence-electron chi connectivity index (χ2n) is 4.42. The maximum absolute atomic E-state index is 11.7. The second-order valence-corrected chi connectivity index (χ2v) is 4.42. The van der Waals surface area contributed by atoms with Crippen molar-refractivity contribution in [2.75, 3.05) is 13.2 Å². The molecule has 0 saturated heterocycles. The summed E-state index contributed by atoms with van der Waals surface area (Å²) in [4.78, 5) is 22.5. The Morgan fingerprint density at radius 1 is 1.38 bits per heavy atom. The highest BCUT2D eigenvalue weighted by atomic mass is 16.4. The van der Waals surface area contributed by atoms with Crippen LogP contribution in [0.1, 0.15) is 20.3 Å². The molecule has 6 nitrogen and oxygen atoms in total. The van der Waals surface area contributed by atoms with Crippen molar-refractivity contribution in [3.8, 4) is 0 Å². The molecule has 0 fully saturated rings. The standard InChI is InChI=1S/C10H19NO5/c1-10(2,5-12)8(14)7(13)6(3-4-11)9(15)16/h6,8,12,14H,3-5,11H2,1-2H3,(H,15,16). The zero-order chi connectivity index (χ0) is 12.9. The molecule has 2 atom stereocenters. The minimum absolute atomic E-state index is 0.0211. The van der Waals surface area contributed by atoms with Crippen molar-refractivity contribution in [2.45, 2.75) is 26.4 Å². The number of carbonyl (C=O) groups excluding carboxylic acids is 1. The Kier molecular flexibility index (Phi) is 5.57. The summed E-state index contributed by atoms with van der Waals surface area (Å²) in [5.74, 6) is -3.42. The maximum Gasteiger partial charge on any atom is 0.314 e. The maximum atomic E-state index is 11.7. The summed E-state index contributed by atoms with van der Waals surface area (Å²) < 4.78 is 0. The monoisotopic (exact) mass is 233 g/mol. The van der Waals surface area contributed by atoms with Crippen LogP contribution in [0.25, 0.3) is 0 Å². The summed E-state index contributed by atoms with van der Waals surface area (Å²) in [5.41, 5.74) is 4.14. The van der Waals surface area contributed by atoms with Crippen molar-refractivity contribution < 1.29 is 24.9 Å². The molecule has 0 aliphatic rings. The zero-order valence-electron chi connectivity index (χ0n) is 9.51. The Hall–Kier alpha value is -0.980. The Morgan fingerprint density at radius 2 is 1.88 bits per heavy atom. The number of aliphatic hydroxyl groups is 2. The fourth-order valence-electron chi connectivity index (χ4n) is 1.22. The number of aliphatic hydroxyl groups excluding tert-OH is 2. The molecular weight excluding hydrogens is 214 g/mol. The van der Waals surface area contributed by atoms with Crippen LogP contribution in [0.5, 0.6) is 0 Å². The first-order valence-electron chi connectivity index (χ1n) is 5.03. The third-order valence-electron chi connectivity index (χ3n) is 2.51. The Morgan fingerprint density at radius 3 is 2.19 bits per heavy atom. The molecule has 6 heteroatoms. The zero-order valence-corrected chi connectivity index (χ0v) is 9.51. The fourth-order valence-corrected chi connectivity index (χ4v) is 1.22. The van der Waals surface area contributed by atoms with Gasteiger partial charge in [-0.1, -0.05) is 13.8 Å². The number of rotatable bonds is 7. The molecule has 0 aromatic carbocycles. The van der Waals surface area contributed by atoms with Gasteiger partial charge in [0.2, 0.25) is 0 Å². The lowest BCUT2D eigenvalue weighted by atomic mass is 9.80. The lowest BCUT2D eigenvalue weighted by Gasteiger charge is -2.28. The lowest BCUT2D eigenvalue weighted by Crippen LogP contribution is -2.44. The minimum Gasteiger partial charge on any atom is -0.481 e. The van der Waals surface area contributed by atoms with Crippen molar-refractivity contribution >= 4 is 11.8 Å². The topological polar surface area (TPSA) is 121 Å². The van der Waals surface area contributed by atoms with Crippen LogP contribution in [-0.4, -0.2) is 46.3 Å². The normalized spacial score (nSPS) is 15.6. The molecule has 0 rings (SSSR count). The molecule has 0 saturated carbocycles. The Bertz CT molecular complexity index is 264. The van der Waals surface area contributed by atoms with Gasteiger partial charge < -0.3 is 21.1 Å². The van der Waals surface area contributed by atoms with E-state index in [9.17, 15) is 14.7 Å². The third kappa shape index (κ3) is 3.55. The van der Waals surface area contributed by atoms with Gasteiger partial charge in [0, 0.05) is 5.41 Å². The third-order valence-corrected chi connectivity index (χ3v) is 2.51. The highest BCUT2D eigenvalue weighted by Gasteiger charge is 2.39. The van der Waals surface area contributed by atoms with Gasteiger partial charge >= 0.3 is 5.97 Å². The SMILES string of the molecule is CC(C)(CO)C(O)C(=O)C(CCN)C(=O)O. The second kappa shape index (κ2) is 5.93. The average Bonchev–Trinajstić information content (AvgIpc) is 2.23. The van der Waals surface area contributed by atoms with Gasteiger partial charge in [0.15, 0.2) is 5.78 Å². The molecule has 0 aromatic heterocycles. The van der Waals surface area contributed by atoms with Crippen molar-refractivity contribution in [2.24, 2.45) is 17.1 Å². The van der Waals surface area contributed by atoms with Crippen molar-refractivity contribution in [1.82, 2.24) is 0 Å². The molecule has 0 aliphatic heterocycles. The van der Waals surface area contributed by atoms with E-state index in [2.05, 4.69) is 0 Å². The lowest BCUT2D eigenvalue weighted by molar-refractivity contribution is -0.152. The number of nitrogens with two attached hydrogens (primary N) is 1. The molecule has 0 heterocycles. The van der Waals surface area contributed by atoms with Gasteiger partial charge in [-0.15, -0.1) is 0 Å². The summed E-state index contributed by atoms with van der Waals surface area (Å²) in [7, 11) is 0. The van der Waals surface area contributed by atoms with E-state index < -0.39 is 35.8 Å². The van der Waals surface area contributed by atoms with Crippen LogP contribution >= 0.6 is 0 Å². The highest BCUT2D eigenvalue weighted by Crippen LogP contribution is 2.23. The fraction of sp³-hybridized carbons (Fsp3) is 0.800. The quantitative estimate of drug-likeness (QED) is 0.418. The van der Waals surface area contributed by atoms with Crippen molar-refractivity contribution in [1.29, 1.82) is 0 Å². The summed E-state index contributed by atoms with van der Waals surface area (Å²) in [5, 5.41) is 27.5. The van der Waals surface area contributed by atoms with Gasteiger partial charge in [-0.3, -0.25) is 9.59 Å². The van der Waals surface area contributed by atoms with E-state index in [1.165, 1.54) is 13.8 Å². The molecule has 0 amide bonds. The molecule has 0 bridgehead atoms. The first-order chi connectivity index (χ1) is 7.27. The summed E-state index contributed by atoms with van der Waals surface area (Å²) in [6.07, 6.45) is -1.53. The molecule has 94 valence electrons. The van der Waals surface area contributed by atoms with Gasteiger partial charge in [-0.25, -0.2) is 0 Å². The van der Waals surface area contributed by atoms with Crippen LogP contribution < -0.4 is 5.73 Å². The summed E-state index contributed by atoms with van der Waals surface area (Å²) >= 11 is 0. The van der Waals surface area contributed by atoms with E-state index in [0.717, 1.165) is 0 Å². The highest BCUT2D eigenvalue weighted by molar-refractivity contribution is 6.00. The van der Waals surface area contributed by atoms with Crippen molar-refractivity contribution in [3.05, 3.63) is 0 Å². The van der Waals surface area contributed by atoms with E-state index in [0.29, 0.717) is 0 Å². The molecule has 0 spiro atoms. The van der Waals surface area contributed by atoms with E-state index in [4.69, 9.17) is 15.9 Å². The van der Waals surface area contributed by atoms with E-state index in [1.54, 1.807) is 0 Å². The summed E-state index contributed by atoms with van der Waals surface area (Å²) in [6.45, 7) is 2.61. The summed E-state index contributed by atoms with van der Waals surface area (Å²) in [6, 6.07) is 0.